The van der Waals surface area contributed by atoms with E-state index < -0.39 is 0 Å². The smallest absolute Gasteiger partial charge is 0.0460 e. The van der Waals surface area contributed by atoms with Crippen molar-refractivity contribution < 1.29 is 5.11 Å². The predicted octanol–water partition coefficient (Wildman–Crippen LogP) is 1.74. The first kappa shape index (κ1) is 11.0. The van der Waals surface area contributed by atoms with Gasteiger partial charge in [-0.1, -0.05) is 20.8 Å². The molecule has 0 heterocycles. The van der Waals surface area contributed by atoms with Crippen molar-refractivity contribution in [1.29, 1.82) is 0 Å². The van der Waals surface area contributed by atoms with Crippen LogP contribution in [0.25, 0.3) is 0 Å². The maximum atomic E-state index is 8.92. The van der Waals surface area contributed by atoms with Gasteiger partial charge in [0.1, 0.15) is 0 Å². The number of rotatable bonds is 5. The molecule has 78 valence electrons. The minimum atomic E-state index is 0.385. The molecule has 0 amide bonds. The summed E-state index contributed by atoms with van der Waals surface area (Å²) < 4.78 is 0. The number of aliphatic hydroxyl groups is 1. The van der Waals surface area contributed by atoms with Crippen LogP contribution < -0.4 is 0 Å². The van der Waals surface area contributed by atoms with Gasteiger partial charge < -0.3 is 10.0 Å². The van der Waals surface area contributed by atoms with E-state index in [0.29, 0.717) is 12.5 Å². The summed E-state index contributed by atoms with van der Waals surface area (Å²) in [6.07, 6.45) is 2.41. The van der Waals surface area contributed by atoms with E-state index in [1.807, 2.05) is 0 Å². The van der Waals surface area contributed by atoms with Crippen molar-refractivity contribution in [1.82, 2.24) is 4.90 Å². The molecule has 2 nitrogen and oxygen atoms in total. The summed E-state index contributed by atoms with van der Waals surface area (Å²) in [6.45, 7) is 9.51. The van der Waals surface area contributed by atoms with E-state index in [0.717, 1.165) is 18.5 Å². The Morgan fingerprint density at radius 1 is 1.38 bits per heavy atom. The van der Waals surface area contributed by atoms with Crippen molar-refractivity contribution in [3.8, 4) is 0 Å². The molecule has 1 fully saturated rings. The highest BCUT2D eigenvalue weighted by Gasteiger charge is 2.32. The molecule has 1 saturated carbocycles. The van der Waals surface area contributed by atoms with Gasteiger partial charge in [0.25, 0.3) is 0 Å². The standard InChI is InChI=1S/C11H23NO/c1-4-12(7-9(2)3)11-5-10(6-11)8-13/h9-11,13H,4-8H2,1-3H3. The second-order valence-corrected chi connectivity index (χ2v) is 4.66. The Morgan fingerprint density at radius 2 is 2.00 bits per heavy atom. The highest BCUT2D eigenvalue weighted by molar-refractivity contribution is 4.86. The average molecular weight is 185 g/mol. The first-order chi connectivity index (χ1) is 6.17. The van der Waals surface area contributed by atoms with Crippen LogP contribution in [-0.4, -0.2) is 35.7 Å². The molecule has 0 bridgehead atoms. The largest absolute Gasteiger partial charge is 0.396 e. The Balaban J connectivity index is 2.24. The number of aliphatic hydroxyl groups excluding tert-OH is 1. The van der Waals surface area contributed by atoms with Crippen LogP contribution in [0.2, 0.25) is 0 Å². The van der Waals surface area contributed by atoms with E-state index in [-0.39, 0.29) is 0 Å². The molecule has 0 aromatic carbocycles. The normalized spacial score (nSPS) is 28.2. The van der Waals surface area contributed by atoms with E-state index in [2.05, 4.69) is 25.7 Å². The molecule has 0 unspecified atom stereocenters. The van der Waals surface area contributed by atoms with E-state index in [9.17, 15) is 0 Å². The Bertz CT molecular complexity index is 141. The van der Waals surface area contributed by atoms with Gasteiger partial charge >= 0.3 is 0 Å². The van der Waals surface area contributed by atoms with Gasteiger partial charge in [-0.15, -0.1) is 0 Å². The highest BCUT2D eigenvalue weighted by Crippen LogP contribution is 2.31. The quantitative estimate of drug-likeness (QED) is 0.705. The lowest BCUT2D eigenvalue weighted by Gasteiger charge is -2.42. The van der Waals surface area contributed by atoms with Crippen LogP contribution in [0.4, 0.5) is 0 Å². The molecule has 0 saturated heterocycles. The van der Waals surface area contributed by atoms with Crippen LogP contribution in [0, 0.1) is 11.8 Å². The zero-order valence-corrected chi connectivity index (χ0v) is 9.16. The molecule has 0 spiro atoms. The summed E-state index contributed by atoms with van der Waals surface area (Å²) in [5.41, 5.74) is 0. The number of nitrogens with zero attached hydrogens (tertiary/aromatic N) is 1. The van der Waals surface area contributed by atoms with Gasteiger partial charge in [-0.3, -0.25) is 0 Å². The molecule has 1 aliphatic rings. The lowest BCUT2D eigenvalue weighted by molar-refractivity contribution is 0.0419. The van der Waals surface area contributed by atoms with E-state index >= 15 is 0 Å². The highest BCUT2D eigenvalue weighted by atomic mass is 16.3. The fourth-order valence-corrected chi connectivity index (χ4v) is 2.15. The van der Waals surface area contributed by atoms with Crippen molar-refractivity contribution in [2.24, 2.45) is 11.8 Å². The third-order valence-electron chi connectivity index (χ3n) is 2.99. The van der Waals surface area contributed by atoms with Crippen LogP contribution in [0.5, 0.6) is 0 Å². The molecule has 0 aromatic rings. The first-order valence-electron chi connectivity index (χ1n) is 5.52. The predicted molar refractivity (Wildman–Crippen MR) is 55.7 cm³/mol. The number of hydrogen-bond acceptors (Lipinski definition) is 2. The summed E-state index contributed by atoms with van der Waals surface area (Å²) in [6, 6.07) is 0.754. The van der Waals surface area contributed by atoms with E-state index in [1.54, 1.807) is 0 Å². The fraction of sp³-hybridized carbons (Fsp3) is 1.00. The van der Waals surface area contributed by atoms with Gasteiger partial charge in [-0.2, -0.15) is 0 Å². The monoisotopic (exact) mass is 185 g/mol. The first-order valence-corrected chi connectivity index (χ1v) is 5.52. The maximum Gasteiger partial charge on any atom is 0.0460 e. The third-order valence-corrected chi connectivity index (χ3v) is 2.99. The Morgan fingerprint density at radius 3 is 2.38 bits per heavy atom. The van der Waals surface area contributed by atoms with Gasteiger partial charge in [0.05, 0.1) is 0 Å². The molecule has 0 aliphatic heterocycles. The molecule has 1 rings (SSSR count). The second-order valence-electron chi connectivity index (χ2n) is 4.66. The molecular weight excluding hydrogens is 162 g/mol. The van der Waals surface area contributed by atoms with E-state index in [1.165, 1.54) is 19.4 Å². The lowest BCUT2D eigenvalue weighted by atomic mass is 9.79. The van der Waals surface area contributed by atoms with Gasteiger partial charge in [0.2, 0.25) is 0 Å². The van der Waals surface area contributed by atoms with Crippen LogP contribution in [0.1, 0.15) is 33.6 Å². The summed E-state index contributed by atoms with van der Waals surface area (Å²) >= 11 is 0. The maximum absolute atomic E-state index is 8.92. The number of hydrogen-bond donors (Lipinski definition) is 1. The van der Waals surface area contributed by atoms with Crippen LogP contribution >= 0.6 is 0 Å². The molecule has 13 heavy (non-hydrogen) atoms. The van der Waals surface area contributed by atoms with E-state index in [4.69, 9.17) is 5.11 Å². The zero-order valence-electron chi connectivity index (χ0n) is 9.16. The van der Waals surface area contributed by atoms with Crippen molar-refractivity contribution in [3.63, 3.8) is 0 Å². The summed E-state index contributed by atoms with van der Waals surface area (Å²) in [4.78, 5) is 2.55. The average Bonchev–Trinajstić information content (AvgIpc) is 2.00. The third kappa shape index (κ3) is 2.96. The molecule has 0 radical (unpaired) electrons. The molecular formula is C11H23NO. The van der Waals surface area contributed by atoms with Gasteiger partial charge in [0, 0.05) is 19.2 Å². The minimum absolute atomic E-state index is 0.385. The molecule has 2 heteroatoms. The second kappa shape index (κ2) is 4.97. The van der Waals surface area contributed by atoms with Crippen LogP contribution in [0.3, 0.4) is 0 Å². The van der Waals surface area contributed by atoms with Crippen molar-refractivity contribution >= 4 is 0 Å². The molecule has 1 aliphatic carbocycles. The van der Waals surface area contributed by atoms with Gasteiger partial charge in [-0.25, -0.2) is 0 Å². The topological polar surface area (TPSA) is 23.5 Å². The zero-order chi connectivity index (χ0) is 9.84. The lowest BCUT2D eigenvalue weighted by Crippen LogP contribution is -2.46. The summed E-state index contributed by atoms with van der Waals surface area (Å²) in [5.74, 6) is 1.35. The fourth-order valence-electron chi connectivity index (χ4n) is 2.15. The van der Waals surface area contributed by atoms with Crippen LogP contribution in [0.15, 0.2) is 0 Å². The van der Waals surface area contributed by atoms with Crippen LogP contribution in [-0.2, 0) is 0 Å². The minimum Gasteiger partial charge on any atom is -0.396 e. The molecule has 0 aromatic heterocycles. The van der Waals surface area contributed by atoms with Crippen molar-refractivity contribution in [2.45, 2.75) is 39.7 Å². The Hall–Kier alpha value is -0.0800. The van der Waals surface area contributed by atoms with Gasteiger partial charge in [0.15, 0.2) is 0 Å². The Labute approximate surface area is 81.9 Å². The van der Waals surface area contributed by atoms with Crippen molar-refractivity contribution in [3.05, 3.63) is 0 Å². The van der Waals surface area contributed by atoms with Gasteiger partial charge in [-0.05, 0) is 31.2 Å². The summed E-state index contributed by atoms with van der Waals surface area (Å²) in [5, 5.41) is 8.92. The Kier molecular flexibility index (Phi) is 4.20. The molecule has 1 N–H and O–H groups in total. The molecule has 0 atom stereocenters. The SMILES string of the molecule is CCN(CC(C)C)C1CC(CO)C1. The summed E-state index contributed by atoms with van der Waals surface area (Å²) in [7, 11) is 0. The van der Waals surface area contributed by atoms with Crippen molar-refractivity contribution in [2.75, 3.05) is 19.7 Å².